The SMILES string of the molecule is CN(C)c1ccc(/C=C/C(=O)[C@@H]2[C@@H](c3cccs3)[C@H](c3cccs3)C[C@@]2(O)/C=C/c2ccc(N(C)C)cc2)cc1. The Morgan fingerprint density at radius 1 is 0.800 bits per heavy atom. The predicted octanol–water partition coefficient (Wildman–Crippen LogP) is 7.56. The first-order valence-electron chi connectivity index (χ1n) is 13.5. The van der Waals surface area contributed by atoms with Crippen LogP contribution in [0.1, 0.15) is 39.1 Å². The molecule has 1 N–H and O–H groups in total. The molecule has 1 fully saturated rings. The van der Waals surface area contributed by atoms with Gasteiger partial charge in [0.1, 0.15) is 0 Å². The zero-order chi connectivity index (χ0) is 28.3. The van der Waals surface area contributed by atoms with Crippen LogP contribution in [0.5, 0.6) is 0 Å². The summed E-state index contributed by atoms with van der Waals surface area (Å²) in [6, 6.07) is 24.7. The smallest absolute Gasteiger partial charge is 0.162 e. The van der Waals surface area contributed by atoms with Crippen molar-refractivity contribution in [3.63, 3.8) is 0 Å². The van der Waals surface area contributed by atoms with Crippen LogP contribution in [0.25, 0.3) is 12.2 Å². The summed E-state index contributed by atoms with van der Waals surface area (Å²) in [7, 11) is 8.05. The summed E-state index contributed by atoms with van der Waals surface area (Å²) in [6.07, 6.45) is 7.86. The molecular weight excluding hydrogens is 533 g/mol. The topological polar surface area (TPSA) is 43.8 Å². The van der Waals surface area contributed by atoms with Crippen LogP contribution in [0, 0.1) is 5.92 Å². The maximum Gasteiger partial charge on any atom is 0.162 e. The van der Waals surface area contributed by atoms with Crippen LogP contribution in [-0.2, 0) is 4.79 Å². The fourth-order valence-electron chi connectivity index (χ4n) is 5.66. The fraction of sp³-hybridized carbons (Fsp3) is 0.265. The van der Waals surface area contributed by atoms with E-state index in [0.29, 0.717) is 6.42 Å². The average Bonchev–Trinajstić information content (AvgIpc) is 3.72. The molecule has 0 saturated heterocycles. The van der Waals surface area contributed by atoms with Crippen molar-refractivity contribution in [1.29, 1.82) is 0 Å². The number of hydrogen-bond donors (Lipinski definition) is 1. The van der Waals surface area contributed by atoms with Crippen molar-refractivity contribution in [1.82, 2.24) is 0 Å². The van der Waals surface area contributed by atoms with E-state index in [1.165, 1.54) is 4.88 Å². The van der Waals surface area contributed by atoms with Gasteiger partial charge in [-0.1, -0.05) is 54.6 Å². The number of nitrogens with zero attached hydrogens (tertiary/aromatic N) is 2. The predicted molar refractivity (Wildman–Crippen MR) is 172 cm³/mol. The Labute approximate surface area is 245 Å². The van der Waals surface area contributed by atoms with Crippen molar-refractivity contribution in [3.8, 4) is 0 Å². The zero-order valence-electron chi connectivity index (χ0n) is 23.4. The third kappa shape index (κ3) is 5.99. The van der Waals surface area contributed by atoms with Crippen LogP contribution in [0.15, 0.2) is 95.7 Å². The van der Waals surface area contributed by atoms with Gasteiger partial charge in [0, 0.05) is 61.2 Å². The average molecular weight is 569 g/mol. The molecule has 1 aliphatic carbocycles. The van der Waals surface area contributed by atoms with Gasteiger partial charge in [0.25, 0.3) is 0 Å². The number of allylic oxidation sites excluding steroid dienone is 1. The summed E-state index contributed by atoms with van der Waals surface area (Å²) in [5.74, 6) is -0.721. The lowest BCUT2D eigenvalue weighted by Crippen LogP contribution is -2.37. The molecule has 0 spiro atoms. The van der Waals surface area contributed by atoms with E-state index in [9.17, 15) is 9.90 Å². The third-order valence-corrected chi connectivity index (χ3v) is 9.77. The van der Waals surface area contributed by atoms with Crippen LogP contribution in [0.2, 0.25) is 0 Å². The van der Waals surface area contributed by atoms with Crippen LogP contribution in [0.3, 0.4) is 0 Å². The van der Waals surface area contributed by atoms with Gasteiger partial charge in [-0.2, -0.15) is 0 Å². The van der Waals surface area contributed by atoms with Crippen molar-refractivity contribution < 1.29 is 9.90 Å². The molecule has 4 aromatic rings. The summed E-state index contributed by atoms with van der Waals surface area (Å²) in [6.45, 7) is 0. The van der Waals surface area contributed by atoms with E-state index in [-0.39, 0.29) is 17.6 Å². The summed E-state index contributed by atoms with van der Waals surface area (Å²) < 4.78 is 0. The minimum atomic E-state index is -1.29. The molecule has 5 rings (SSSR count). The first-order valence-corrected chi connectivity index (χ1v) is 15.3. The van der Waals surface area contributed by atoms with Gasteiger partial charge in [-0.3, -0.25) is 4.79 Å². The lowest BCUT2D eigenvalue weighted by Gasteiger charge is -2.28. The molecule has 4 nitrogen and oxygen atoms in total. The largest absolute Gasteiger partial charge is 0.385 e. The second-order valence-corrected chi connectivity index (χ2v) is 12.8. The molecule has 206 valence electrons. The highest BCUT2D eigenvalue weighted by molar-refractivity contribution is 7.10. The molecule has 4 atom stereocenters. The number of carbonyl (C=O) groups is 1. The summed E-state index contributed by atoms with van der Waals surface area (Å²) >= 11 is 3.36. The molecule has 2 aromatic carbocycles. The second kappa shape index (κ2) is 12.0. The quantitative estimate of drug-likeness (QED) is 0.212. The second-order valence-electron chi connectivity index (χ2n) is 10.9. The Morgan fingerprint density at radius 2 is 1.32 bits per heavy atom. The minimum Gasteiger partial charge on any atom is -0.385 e. The molecule has 2 aromatic heterocycles. The van der Waals surface area contributed by atoms with E-state index < -0.39 is 11.5 Å². The highest BCUT2D eigenvalue weighted by Crippen LogP contribution is 2.57. The maximum absolute atomic E-state index is 14.1. The van der Waals surface area contributed by atoms with Crippen LogP contribution in [-0.4, -0.2) is 44.7 Å². The van der Waals surface area contributed by atoms with E-state index in [4.69, 9.17) is 0 Å². The molecule has 0 amide bonds. The Morgan fingerprint density at radius 3 is 1.82 bits per heavy atom. The third-order valence-electron chi connectivity index (χ3n) is 7.79. The van der Waals surface area contributed by atoms with Gasteiger partial charge in [-0.05, 0) is 70.8 Å². The van der Waals surface area contributed by atoms with Gasteiger partial charge in [-0.15, -0.1) is 22.7 Å². The highest BCUT2D eigenvalue weighted by Gasteiger charge is 2.55. The number of aliphatic hydroxyl groups is 1. The van der Waals surface area contributed by atoms with Crippen LogP contribution >= 0.6 is 22.7 Å². The molecule has 2 heterocycles. The standard InChI is InChI=1S/C34H36N2O2S2/c1-35(2)26-14-9-24(10-15-26)13-18-29(37)33-32(31-8-6-22-40-31)28(30-7-5-21-39-30)23-34(33,38)20-19-25-11-16-27(17-12-25)36(3)4/h5-22,28,32-33,38H,23H2,1-4H3/b18-13+,20-19+/t28-,32+,33+,34-/m0/s1. The van der Waals surface area contributed by atoms with Crippen molar-refractivity contribution in [2.45, 2.75) is 23.9 Å². The van der Waals surface area contributed by atoms with E-state index in [0.717, 1.165) is 27.4 Å². The molecule has 1 saturated carbocycles. The van der Waals surface area contributed by atoms with Crippen LogP contribution in [0.4, 0.5) is 11.4 Å². The number of carbonyl (C=O) groups excluding carboxylic acids is 1. The normalized spacial score (nSPS) is 22.8. The number of hydrogen-bond acceptors (Lipinski definition) is 6. The van der Waals surface area contributed by atoms with Gasteiger partial charge in [0.05, 0.1) is 11.5 Å². The summed E-state index contributed by atoms with van der Waals surface area (Å²) in [4.78, 5) is 20.5. The molecule has 6 heteroatoms. The van der Waals surface area contributed by atoms with Crippen molar-refractivity contribution in [2.75, 3.05) is 38.0 Å². The van der Waals surface area contributed by atoms with Crippen LogP contribution < -0.4 is 9.80 Å². The first-order chi connectivity index (χ1) is 19.2. The molecule has 0 aliphatic heterocycles. The van der Waals surface area contributed by atoms with E-state index >= 15 is 0 Å². The Kier molecular flexibility index (Phi) is 8.40. The highest BCUT2D eigenvalue weighted by atomic mass is 32.1. The Bertz CT molecular complexity index is 1450. The number of thiophene rings is 2. The van der Waals surface area contributed by atoms with Gasteiger partial charge in [-0.25, -0.2) is 0 Å². The van der Waals surface area contributed by atoms with Gasteiger partial charge < -0.3 is 14.9 Å². The molecule has 1 aliphatic rings. The van der Waals surface area contributed by atoms with Crippen molar-refractivity contribution >= 4 is 52.0 Å². The maximum atomic E-state index is 14.1. The fourth-order valence-corrected chi connectivity index (χ4v) is 7.46. The molecular formula is C34H36N2O2S2. The monoisotopic (exact) mass is 568 g/mol. The van der Waals surface area contributed by atoms with Gasteiger partial charge in [0.2, 0.25) is 0 Å². The lowest BCUT2D eigenvalue weighted by molar-refractivity contribution is -0.123. The van der Waals surface area contributed by atoms with Crippen molar-refractivity contribution in [2.24, 2.45) is 5.92 Å². The Hall–Kier alpha value is -3.45. The van der Waals surface area contributed by atoms with E-state index in [1.807, 2.05) is 93.8 Å². The summed E-state index contributed by atoms with van der Waals surface area (Å²) in [5.41, 5.74) is 2.88. The lowest BCUT2D eigenvalue weighted by atomic mass is 9.79. The molecule has 40 heavy (non-hydrogen) atoms. The molecule has 0 bridgehead atoms. The molecule has 0 unspecified atom stereocenters. The van der Waals surface area contributed by atoms with E-state index in [2.05, 4.69) is 46.0 Å². The number of anilines is 2. The minimum absolute atomic E-state index is 0.0474. The number of rotatable bonds is 9. The number of benzene rings is 2. The van der Waals surface area contributed by atoms with Gasteiger partial charge >= 0.3 is 0 Å². The van der Waals surface area contributed by atoms with E-state index in [1.54, 1.807) is 28.7 Å². The zero-order valence-corrected chi connectivity index (χ0v) is 25.0. The molecule has 0 radical (unpaired) electrons. The number of ketones is 1. The van der Waals surface area contributed by atoms with Gasteiger partial charge in [0.15, 0.2) is 5.78 Å². The Balaban J connectivity index is 1.52. The summed E-state index contributed by atoms with van der Waals surface area (Å²) in [5, 5.41) is 16.5. The van der Waals surface area contributed by atoms with Crippen molar-refractivity contribution in [3.05, 3.63) is 117 Å². The first kappa shape index (κ1) is 28.1.